The quantitative estimate of drug-likeness (QED) is 0.0790. The average Bonchev–Trinajstić information content (AvgIpc) is 3.90. The van der Waals surface area contributed by atoms with Gasteiger partial charge in [-0.3, -0.25) is 14.0 Å². The molecule has 0 aliphatic carbocycles. The van der Waals surface area contributed by atoms with E-state index in [1.807, 2.05) is 38.7 Å². The number of likely N-dealkylation sites (tertiary alicyclic amines) is 2. The van der Waals surface area contributed by atoms with Crippen molar-refractivity contribution in [2.24, 2.45) is 11.8 Å². The number of nitrogens with zero attached hydrogens (tertiary/aromatic N) is 7. The van der Waals surface area contributed by atoms with Crippen molar-refractivity contribution in [1.82, 2.24) is 39.9 Å². The van der Waals surface area contributed by atoms with Crippen LogP contribution in [0.15, 0.2) is 67.4 Å². The summed E-state index contributed by atoms with van der Waals surface area (Å²) in [5.41, 5.74) is 2.16. The molecule has 2 fully saturated rings. The van der Waals surface area contributed by atoms with E-state index in [0.29, 0.717) is 66.8 Å². The van der Waals surface area contributed by atoms with E-state index in [0.717, 1.165) is 55.5 Å². The lowest BCUT2D eigenvalue weighted by Crippen LogP contribution is -2.54. The fraction of sp³-hybridized carbons (Fsp3) is 0.444. The van der Waals surface area contributed by atoms with Crippen LogP contribution in [0, 0.1) is 23.5 Å². The number of rotatable bonds is 14. The van der Waals surface area contributed by atoms with E-state index in [1.54, 1.807) is 28.8 Å². The predicted molar refractivity (Wildman–Crippen MR) is 229 cm³/mol. The molecule has 1 unspecified atom stereocenters. The van der Waals surface area contributed by atoms with E-state index in [4.69, 9.17) is 9.47 Å². The van der Waals surface area contributed by atoms with Gasteiger partial charge < -0.3 is 34.8 Å². The van der Waals surface area contributed by atoms with Crippen LogP contribution in [0.2, 0.25) is 0 Å². The predicted octanol–water partition coefficient (Wildman–Crippen LogP) is 6.91. The van der Waals surface area contributed by atoms with E-state index in [1.165, 1.54) is 36.9 Å². The molecule has 2 aromatic carbocycles. The maximum atomic E-state index is 15.4. The highest BCUT2D eigenvalue weighted by Gasteiger charge is 2.38. The number of aryl methyl sites for hydroxylation is 1. The highest BCUT2D eigenvalue weighted by atomic mass is 19.2. The molecule has 17 heteroatoms. The van der Waals surface area contributed by atoms with E-state index >= 15 is 8.78 Å². The van der Waals surface area contributed by atoms with Crippen LogP contribution >= 0.6 is 0 Å². The Morgan fingerprint density at radius 2 is 1.69 bits per heavy atom. The van der Waals surface area contributed by atoms with Crippen molar-refractivity contribution in [3.8, 4) is 23.0 Å². The normalized spacial score (nSPS) is 19.0. The molecule has 15 nitrogen and oxygen atoms in total. The van der Waals surface area contributed by atoms with Gasteiger partial charge in [0.1, 0.15) is 5.60 Å². The minimum Gasteiger partial charge on any atom is -0.444 e. The first kappa shape index (κ1) is 43.8. The Morgan fingerprint density at radius 3 is 2.44 bits per heavy atom. The molecule has 5 heterocycles. The van der Waals surface area contributed by atoms with Crippen LogP contribution in [0.5, 0.6) is 11.8 Å². The number of imidazole rings is 1. The molecule has 0 bridgehead atoms. The minimum absolute atomic E-state index is 0.0296. The smallest absolute Gasteiger partial charge is 0.410 e. The Hall–Kier alpha value is -6.23. The Kier molecular flexibility index (Phi) is 13.3. The maximum absolute atomic E-state index is 15.4. The van der Waals surface area contributed by atoms with Gasteiger partial charge in [-0.2, -0.15) is 4.39 Å². The molecule has 0 spiro atoms. The van der Waals surface area contributed by atoms with E-state index in [9.17, 15) is 14.4 Å². The first-order chi connectivity index (χ1) is 29.7. The van der Waals surface area contributed by atoms with Gasteiger partial charge in [0.15, 0.2) is 23.0 Å². The number of amides is 3. The number of nitrogens with one attached hydrogen (secondary N) is 3. The Bertz CT molecular complexity index is 2400. The molecular weight excluding hydrogens is 799 g/mol. The second-order valence-corrected chi connectivity index (χ2v) is 17.3. The van der Waals surface area contributed by atoms with Crippen LogP contribution in [0.4, 0.5) is 25.1 Å². The van der Waals surface area contributed by atoms with E-state index < -0.39 is 17.2 Å². The summed E-state index contributed by atoms with van der Waals surface area (Å²) in [5.74, 6) is -2.04. The second kappa shape index (κ2) is 18.8. The number of halogens is 2. The molecule has 0 saturated carbocycles. The molecule has 1 atom stereocenters. The summed E-state index contributed by atoms with van der Waals surface area (Å²) in [4.78, 5) is 57.4. The van der Waals surface area contributed by atoms with Crippen LogP contribution in [-0.2, 0) is 16.0 Å². The first-order valence-corrected chi connectivity index (χ1v) is 21.2. The number of aromatic nitrogens is 5. The lowest BCUT2D eigenvalue weighted by Gasteiger charge is -2.41. The molecule has 0 radical (unpaired) electrons. The van der Waals surface area contributed by atoms with Crippen molar-refractivity contribution < 1.29 is 37.1 Å². The molecule has 62 heavy (non-hydrogen) atoms. The minimum atomic E-state index is -1.19. The van der Waals surface area contributed by atoms with E-state index in [2.05, 4.69) is 42.9 Å². The number of hydrogen-bond donors (Lipinski definition) is 3. The summed E-state index contributed by atoms with van der Waals surface area (Å²) in [6.07, 6.45) is 11.0. The summed E-state index contributed by atoms with van der Waals surface area (Å²) in [7, 11) is 2.26. The standard InChI is InChI=1S/C45H54F2N10O5/c1-6-30-25-32(54-39-40-53-26-35(56(40)22-20-48-39)34-11-12-36(38(47)37(34)46)61-43-51-18-8-19-52-43)9-10-33(30)42(59)50-17-7-16-49-41(58)31-14-23-57(5,24-15-31)28-29-13-21-55(27-29)44(60)62-45(2,3)4/h8-12,18-20,22,25-26,29,31H,6-7,13-17,21,23-24,27-28H2,1-5H3,(H2-,48,49,50,54,58,59)/p+1. The Labute approximate surface area is 359 Å². The summed E-state index contributed by atoms with van der Waals surface area (Å²) < 4.78 is 43.9. The third kappa shape index (κ3) is 10.4. The van der Waals surface area contributed by atoms with Gasteiger partial charge in [-0.15, -0.1) is 0 Å². The zero-order valence-corrected chi connectivity index (χ0v) is 35.9. The van der Waals surface area contributed by atoms with Gasteiger partial charge in [-0.05, 0) is 82.0 Å². The number of benzene rings is 2. The molecule has 328 valence electrons. The largest absolute Gasteiger partial charge is 0.444 e. The number of fused-ring (bicyclic) bond motifs is 1. The fourth-order valence-corrected chi connectivity index (χ4v) is 8.25. The Balaban J connectivity index is 0.868. The lowest BCUT2D eigenvalue weighted by atomic mass is 9.93. The van der Waals surface area contributed by atoms with Crippen LogP contribution in [-0.4, -0.2) is 110 Å². The number of ether oxygens (including phenoxy) is 2. The zero-order valence-electron chi connectivity index (χ0n) is 35.9. The first-order valence-electron chi connectivity index (χ1n) is 21.2. The number of carbonyl (C=O) groups excluding carboxylic acids is 3. The number of hydrogen-bond acceptors (Lipinski definition) is 10. The van der Waals surface area contributed by atoms with Gasteiger partial charge >= 0.3 is 12.1 Å². The molecule has 2 saturated heterocycles. The number of piperidine rings is 1. The lowest BCUT2D eigenvalue weighted by molar-refractivity contribution is -0.917. The highest BCUT2D eigenvalue weighted by Crippen LogP contribution is 2.33. The van der Waals surface area contributed by atoms with Gasteiger partial charge in [0, 0.05) is 92.5 Å². The maximum Gasteiger partial charge on any atom is 0.410 e. The van der Waals surface area contributed by atoms with Crippen molar-refractivity contribution >= 4 is 35.1 Å². The second-order valence-electron chi connectivity index (χ2n) is 17.3. The fourth-order valence-electron chi connectivity index (χ4n) is 8.25. The van der Waals surface area contributed by atoms with Gasteiger partial charge in [0.05, 0.1) is 38.6 Å². The number of carbonyl (C=O) groups is 3. The SMILES string of the molecule is CCc1cc(Nc2nccn3c(-c4ccc(Oc5ncccn5)c(F)c4F)cnc23)ccc1C(=O)NCCCNC(=O)C1CC[N+](C)(CC2CCN(C(=O)OC(C)(C)C)C2)CC1. The number of anilines is 2. The van der Waals surface area contributed by atoms with Gasteiger partial charge in [-0.25, -0.2) is 29.1 Å². The summed E-state index contributed by atoms with van der Waals surface area (Å²) in [5, 5.41) is 9.32. The molecular formula is C45H55F2N10O5+. The third-order valence-electron chi connectivity index (χ3n) is 11.5. The summed E-state index contributed by atoms with van der Waals surface area (Å²) in [6, 6.07) is 9.56. The zero-order chi connectivity index (χ0) is 44.0. The molecule has 2 aliphatic rings. The van der Waals surface area contributed by atoms with E-state index in [-0.39, 0.29) is 41.1 Å². The summed E-state index contributed by atoms with van der Waals surface area (Å²) in [6.45, 7) is 12.7. The molecule has 3 amide bonds. The van der Waals surface area contributed by atoms with Crippen LogP contribution in [0.1, 0.15) is 69.3 Å². The molecule has 7 rings (SSSR count). The van der Waals surface area contributed by atoms with Crippen LogP contribution in [0.25, 0.3) is 16.9 Å². The van der Waals surface area contributed by atoms with Crippen molar-refractivity contribution in [3.05, 3.63) is 90.1 Å². The van der Waals surface area contributed by atoms with Crippen molar-refractivity contribution in [2.75, 3.05) is 58.2 Å². The summed E-state index contributed by atoms with van der Waals surface area (Å²) >= 11 is 0. The van der Waals surface area contributed by atoms with Crippen molar-refractivity contribution in [1.29, 1.82) is 0 Å². The van der Waals surface area contributed by atoms with Gasteiger partial charge in [-0.1, -0.05) is 6.92 Å². The molecule has 3 aromatic heterocycles. The van der Waals surface area contributed by atoms with Crippen LogP contribution in [0.3, 0.4) is 0 Å². The number of quaternary nitrogens is 1. The topological polar surface area (TPSA) is 165 Å². The molecule has 5 aromatic rings. The molecule has 2 aliphatic heterocycles. The van der Waals surface area contributed by atoms with Crippen molar-refractivity contribution in [3.63, 3.8) is 0 Å². The highest BCUT2D eigenvalue weighted by molar-refractivity contribution is 5.96. The van der Waals surface area contributed by atoms with Crippen molar-refractivity contribution in [2.45, 2.75) is 65.4 Å². The third-order valence-corrected chi connectivity index (χ3v) is 11.5. The Morgan fingerprint density at radius 1 is 0.935 bits per heavy atom. The average molecular weight is 854 g/mol. The molecule has 3 N–H and O–H groups in total. The van der Waals surface area contributed by atoms with Gasteiger partial charge in [0.25, 0.3) is 5.91 Å². The van der Waals surface area contributed by atoms with Gasteiger partial charge in [0.2, 0.25) is 11.7 Å². The monoisotopic (exact) mass is 853 g/mol. The van der Waals surface area contributed by atoms with Crippen LogP contribution < -0.4 is 20.7 Å².